The quantitative estimate of drug-likeness (QED) is 0.585. The lowest BCUT2D eigenvalue weighted by Crippen LogP contribution is -2.54. The molecule has 3 amide bonds. The van der Waals surface area contributed by atoms with Crippen LogP contribution in [0.1, 0.15) is 52.0 Å². The summed E-state index contributed by atoms with van der Waals surface area (Å²) in [4.78, 5) is 40.7. The third kappa shape index (κ3) is 9.11. The minimum Gasteiger partial charge on any atom is -0.383 e. The predicted octanol–water partition coefficient (Wildman–Crippen LogP) is 4.31. The van der Waals surface area contributed by atoms with Gasteiger partial charge in [0.15, 0.2) is 0 Å². The first kappa shape index (κ1) is 29.0. The van der Waals surface area contributed by atoms with Gasteiger partial charge in [0.1, 0.15) is 11.6 Å². The standard InChI is InChI=1S/C10H13N3O.C10H18N2O2.C6H4ClF/c1-6(14)13-8-4-9(7-2-3-7)10(11)12-5-8;1-8(2)10(14)12-5-4-11(7-13)6-9(12)3;7-5-3-1-2-4-6(5)8/h4-5,7H,2-3H2,1H3,(H2,11,12)(H,13,14);7-9H,4-6H2,1-3H3;1-4H. The van der Waals surface area contributed by atoms with E-state index in [-0.39, 0.29) is 34.6 Å². The van der Waals surface area contributed by atoms with Crippen molar-refractivity contribution in [2.24, 2.45) is 5.92 Å². The zero-order valence-electron chi connectivity index (χ0n) is 21.2. The average Bonchev–Trinajstić information content (AvgIpc) is 3.67. The first-order chi connectivity index (χ1) is 17.0. The zero-order valence-corrected chi connectivity index (χ0v) is 22.0. The molecule has 10 heteroatoms. The second-order valence-electron chi connectivity index (χ2n) is 9.20. The molecule has 0 bridgehead atoms. The molecule has 1 atom stereocenters. The number of benzene rings is 1. The van der Waals surface area contributed by atoms with Gasteiger partial charge < -0.3 is 20.9 Å². The summed E-state index contributed by atoms with van der Waals surface area (Å²) in [5.74, 6) is 0.911. The topological polar surface area (TPSA) is 109 Å². The van der Waals surface area contributed by atoms with Crippen LogP contribution in [0.2, 0.25) is 5.02 Å². The van der Waals surface area contributed by atoms with Gasteiger partial charge in [0.2, 0.25) is 18.2 Å². The summed E-state index contributed by atoms with van der Waals surface area (Å²) in [5.41, 5.74) is 7.53. The van der Waals surface area contributed by atoms with Crippen molar-refractivity contribution < 1.29 is 18.8 Å². The molecule has 2 heterocycles. The number of hydrogen-bond donors (Lipinski definition) is 2. The monoisotopic (exact) mass is 519 g/mol. The van der Waals surface area contributed by atoms with E-state index < -0.39 is 0 Å². The molecule has 0 radical (unpaired) electrons. The SMILES string of the molecule is CC(=O)Nc1cnc(N)c(C2CC2)c1.CC(C)C(=O)N1CCN(C=O)CC1C.Fc1ccccc1Cl. The Balaban J connectivity index is 0.000000198. The van der Waals surface area contributed by atoms with Crippen LogP contribution in [0, 0.1) is 11.7 Å². The first-order valence-corrected chi connectivity index (χ1v) is 12.3. The summed E-state index contributed by atoms with van der Waals surface area (Å²) in [6.45, 7) is 9.25. The van der Waals surface area contributed by atoms with E-state index in [4.69, 9.17) is 17.3 Å². The normalized spacial score (nSPS) is 16.8. The highest BCUT2D eigenvalue weighted by atomic mass is 35.5. The number of piperazine rings is 1. The molecule has 1 aliphatic heterocycles. The van der Waals surface area contributed by atoms with Crippen LogP contribution < -0.4 is 11.1 Å². The summed E-state index contributed by atoms with van der Waals surface area (Å²) in [6, 6.07) is 8.18. The Morgan fingerprint density at radius 1 is 1.25 bits per heavy atom. The lowest BCUT2D eigenvalue weighted by atomic mass is 10.1. The van der Waals surface area contributed by atoms with Crippen LogP contribution >= 0.6 is 11.6 Å². The van der Waals surface area contributed by atoms with E-state index in [0.29, 0.717) is 31.4 Å². The molecule has 1 aliphatic carbocycles. The molecule has 1 aromatic carbocycles. The lowest BCUT2D eigenvalue weighted by Gasteiger charge is -2.39. The largest absolute Gasteiger partial charge is 0.383 e. The van der Waals surface area contributed by atoms with Gasteiger partial charge in [-0.25, -0.2) is 9.37 Å². The Morgan fingerprint density at radius 2 is 1.92 bits per heavy atom. The number of carbonyl (C=O) groups is 3. The van der Waals surface area contributed by atoms with Crippen LogP contribution in [-0.2, 0) is 14.4 Å². The number of nitrogens with two attached hydrogens (primary N) is 1. The molecule has 1 saturated carbocycles. The van der Waals surface area contributed by atoms with Crippen LogP contribution in [0.4, 0.5) is 15.9 Å². The Kier molecular flexibility index (Phi) is 11.1. The third-order valence-corrected chi connectivity index (χ3v) is 6.00. The molecule has 1 saturated heterocycles. The van der Waals surface area contributed by atoms with Crippen molar-refractivity contribution in [3.05, 3.63) is 52.9 Å². The maximum atomic E-state index is 12.2. The number of hydrogen-bond acceptors (Lipinski definition) is 5. The highest BCUT2D eigenvalue weighted by Gasteiger charge is 2.28. The van der Waals surface area contributed by atoms with E-state index in [1.807, 2.05) is 31.7 Å². The Morgan fingerprint density at radius 3 is 2.39 bits per heavy atom. The number of anilines is 2. The zero-order chi connectivity index (χ0) is 26.8. The van der Waals surface area contributed by atoms with Gasteiger partial charge in [0.25, 0.3) is 0 Å². The Hall–Kier alpha value is -3.20. The van der Waals surface area contributed by atoms with E-state index >= 15 is 0 Å². The maximum absolute atomic E-state index is 12.2. The first-order valence-electron chi connectivity index (χ1n) is 12.0. The minimum atomic E-state index is -0.367. The molecule has 2 fully saturated rings. The Labute approximate surface area is 217 Å². The van der Waals surface area contributed by atoms with Crippen LogP contribution in [0.25, 0.3) is 0 Å². The lowest BCUT2D eigenvalue weighted by molar-refractivity contribution is -0.141. The molecule has 0 spiro atoms. The maximum Gasteiger partial charge on any atom is 0.225 e. The summed E-state index contributed by atoms with van der Waals surface area (Å²) < 4.78 is 12.2. The molecule has 1 unspecified atom stereocenters. The number of rotatable bonds is 4. The fourth-order valence-electron chi connectivity index (χ4n) is 3.67. The van der Waals surface area contributed by atoms with E-state index in [0.717, 1.165) is 17.7 Å². The van der Waals surface area contributed by atoms with E-state index in [2.05, 4.69) is 10.3 Å². The molecule has 1 aromatic heterocycles. The van der Waals surface area contributed by atoms with Gasteiger partial charge in [-0.3, -0.25) is 14.4 Å². The smallest absolute Gasteiger partial charge is 0.225 e. The molecular weight excluding hydrogens is 485 g/mol. The van der Waals surface area contributed by atoms with Crippen LogP contribution in [0.3, 0.4) is 0 Å². The van der Waals surface area contributed by atoms with Crippen molar-refractivity contribution >= 4 is 41.3 Å². The number of amides is 3. The van der Waals surface area contributed by atoms with E-state index in [1.54, 1.807) is 23.2 Å². The van der Waals surface area contributed by atoms with Gasteiger partial charge in [0.05, 0.1) is 16.9 Å². The van der Waals surface area contributed by atoms with Gasteiger partial charge in [0, 0.05) is 38.5 Å². The average molecular weight is 520 g/mol. The van der Waals surface area contributed by atoms with Gasteiger partial charge in [-0.2, -0.15) is 0 Å². The van der Waals surface area contributed by atoms with Crippen molar-refractivity contribution in [3.8, 4) is 0 Å². The summed E-state index contributed by atoms with van der Waals surface area (Å²) >= 11 is 5.33. The van der Waals surface area contributed by atoms with Crippen LogP contribution in [0.15, 0.2) is 36.5 Å². The summed E-state index contributed by atoms with van der Waals surface area (Å²) in [5, 5.41) is 2.87. The summed E-state index contributed by atoms with van der Waals surface area (Å²) in [7, 11) is 0. The molecular formula is C26H35ClFN5O3. The molecule has 8 nitrogen and oxygen atoms in total. The fourth-order valence-corrected chi connectivity index (χ4v) is 3.80. The minimum absolute atomic E-state index is 0.0419. The molecule has 2 aromatic rings. The number of nitrogens with one attached hydrogen (secondary N) is 1. The Bertz CT molecular complexity index is 1030. The second-order valence-corrected chi connectivity index (χ2v) is 9.61. The van der Waals surface area contributed by atoms with Crippen LogP contribution in [-0.4, -0.2) is 58.7 Å². The van der Waals surface area contributed by atoms with Gasteiger partial charge >= 0.3 is 0 Å². The fraction of sp³-hybridized carbons (Fsp3) is 0.462. The predicted molar refractivity (Wildman–Crippen MR) is 140 cm³/mol. The molecule has 3 N–H and O–H groups in total. The van der Waals surface area contributed by atoms with E-state index in [9.17, 15) is 18.8 Å². The van der Waals surface area contributed by atoms with E-state index in [1.165, 1.54) is 31.9 Å². The highest BCUT2D eigenvalue weighted by Crippen LogP contribution is 2.42. The highest BCUT2D eigenvalue weighted by molar-refractivity contribution is 6.30. The van der Waals surface area contributed by atoms with Gasteiger partial charge in [-0.15, -0.1) is 0 Å². The van der Waals surface area contributed by atoms with Crippen molar-refractivity contribution in [1.82, 2.24) is 14.8 Å². The number of aromatic nitrogens is 1. The molecule has 4 rings (SSSR count). The second kappa shape index (κ2) is 13.8. The van der Waals surface area contributed by atoms with Gasteiger partial charge in [-0.1, -0.05) is 37.6 Å². The summed E-state index contributed by atoms with van der Waals surface area (Å²) in [6.07, 6.45) is 4.79. The number of pyridine rings is 1. The van der Waals surface area contributed by atoms with Crippen molar-refractivity contribution in [3.63, 3.8) is 0 Å². The number of halogens is 2. The van der Waals surface area contributed by atoms with Crippen molar-refractivity contribution in [1.29, 1.82) is 0 Å². The molecule has 2 aliphatic rings. The molecule has 36 heavy (non-hydrogen) atoms. The van der Waals surface area contributed by atoms with Gasteiger partial charge in [-0.05, 0) is 49.4 Å². The third-order valence-electron chi connectivity index (χ3n) is 5.70. The number of nitrogens with zero attached hydrogens (tertiary/aromatic N) is 3. The number of nitrogen functional groups attached to an aromatic ring is 1. The number of carbonyl (C=O) groups excluding carboxylic acids is 3. The molecule has 196 valence electrons. The van der Waals surface area contributed by atoms with Crippen LogP contribution in [0.5, 0.6) is 0 Å². The van der Waals surface area contributed by atoms with Crippen molar-refractivity contribution in [2.75, 3.05) is 30.7 Å². The van der Waals surface area contributed by atoms with Crippen molar-refractivity contribution in [2.45, 2.75) is 52.5 Å².